The topological polar surface area (TPSA) is 43.4 Å². The van der Waals surface area contributed by atoms with Gasteiger partial charge in [0.05, 0.1) is 6.61 Å². The lowest BCUT2D eigenvalue weighted by Crippen LogP contribution is -2.17. The molecule has 0 aromatic heterocycles. The fourth-order valence-corrected chi connectivity index (χ4v) is 0.811. The van der Waals surface area contributed by atoms with E-state index in [1.54, 1.807) is 0 Å². The predicted molar refractivity (Wildman–Crippen MR) is 50.3 cm³/mol. The first-order chi connectivity index (χ1) is 6.11. The van der Waals surface area contributed by atoms with E-state index < -0.39 is 5.97 Å². The second-order valence-corrected chi connectivity index (χ2v) is 3.17. The Morgan fingerprint density at radius 1 is 1.31 bits per heavy atom. The van der Waals surface area contributed by atoms with Crippen molar-refractivity contribution in [3.05, 3.63) is 0 Å². The van der Waals surface area contributed by atoms with Crippen LogP contribution in [-0.2, 0) is 14.3 Å². The van der Waals surface area contributed by atoms with Gasteiger partial charge in [-0.2, -0.15) is 0 Å². The van der Waals surface area contributed by atoms with Crippen LogP contribution in [-0.4, -0.2) is 18.4 Å². The second kappa shape index (κ2) is 6.63. The summed E-state index contributed by atoms with van der Waals surface area (Å²) in [5, 5.41) is 0. The van der Waals surface area contributed by atoms with Crippen molar-refractivity contribution in [2.24, 2.45) is 5.92 Å². The van der Waals surface area contributed by atoms with Gasteiger partial charge < -0.3 is 4.74 Å². The Kier molecular flexibility index (Phi) is 6.20. The number of esters is 1. The van der Waals surface area contributed by atoms with Crippen LogP contribution in [0.25, 0.3) is 0 Å². The van der Waals surface area contributed by atoms with Crippen LogP contribution in [0.2, 0.25) is 0 Å². The largest absolute Gasteiger partial charge is 0.465 e. The minimum absolute atomic E-state index is 0.0244. The summed E-state index contributed by atoms with van der Waals surface area (Å²) in [6.07, 6.45) is 1.50. The highest BCUT2D eigenvalue weighted by Crippen LogP contribution is 2.05. The Morgan fingerprint density at radius 2 is 1.92 bits per heavy atom. The molecule has 0 fully saturated rings. The van der Waals surface area contributed by atoms with Gasteiger partial charge >= 0.3 is 5.97 Å². The molecule has 0 bridgehead atoms. The molecule has 1 atom stereocenters. The summed E-state index contributed by atoms with van der Waals surface area (Å²) in [4.78, 5) is 22.2. The van der Waals surface area contributed by atoms with Gasteiger partial charge in [0.25, 0.3) is 0 Å². The van der Waals surface area contributed by atoms with Gasteiger partial charge in [0, 0.05) is 5.92 Å². The van der Waals surface area contributed by atoms with Crippen molar-refractivity contribution in [1.82, 2.24) is 0 Å². The van der Waals surface area contributed by atoms with Crippen LogP contribution in [0.5, 0.6) is 0 Å². The van der Waals surface area contributed by atoms with Gasteiger partial charge in [-0.3, -0.25) is 9.59 Å². The molecule has 1 unspecified atom stereocenters. The van der Waals surface area contributed by atoms with Gasteiger partial charge in [-0.05, 0) is 12.8 Å². The molecule has 0 rings (SSSR count). The summed E-state index contributed by atoms with van der Waals surface area (Å²) in [7, 11) is 0. The van der Waals surface area contributed by atoms with Crippen molar-refractivity contribution in [3.8, 4) is 0 Å². The third-order valence-electron chi connectivity index (χ3n) is 1.95. The van der Waals surface area contributed by atoms with E-state index in [4.69, 9.17) is 4.74 Å². The number of ketones is 1. The van der Waals surface area contributed by atoms with Gasteiger partial charge in [-0.15, -0.1) is 0 Å². The van der Waals surface area contributed by atoms with E-state index in [1.807, 2.05) is 20.8 Å². The van der Waals surface area contributed by atoms with Crippen molar-refractivity contribution >= 4 is 11.8 Å². The first-order valence-electron chi connectivity index (χ1n) is 4.80. The standard InChI is InChI=1S/C10H18O3/c1-4-6-13-10(12)7-9(11)8(3)5-2/h8H,4-7H2,1-3H3. The van der Waals surface area contributed by atoms with Gasteiger partial charge in [0.2, 0.25) is 0 Å². The number of Topliss-reactive ketones (excluding diaryl/α,β-unsaturated/α-hetero) is 1. The van der Waals surface area contributed by atoms with Crippen molar-refractivity contribution in [2.45, 2.75) is 40.0 Å². The zero-order chi connectivity index (χ0) is 10.3. The molecule has 3 heteroatoms. The summed E-state index contributed by atoms with van der Waals surface area (Å²) < 4.78 is 4.80. The Morgan fingerprint density at radius 3 is 2.38 bits per heavy atom. The molecule has 0 saturated heterocycles. The fourth-order valence-electron chi connectivity index (χ4n) is 0.811. The Hall–Kier alpha value is -0.860. The van der Waals surface area contributed by atoms with E-state index in [1.165, 1.54) is 0 Å². The number of hydrogen-bond acceptors (Lipinski definition) is 3. The first-order valence-corrected chi connectivity index (χ1v) is 4.80. The molecule has 0 saturated carbocycles. The Bertz CT molecular complexity index is 175. The molecule has 0 N–H and O–H groups in total. The summed E-state index contributed by atoms with van der Waals surface area (Å²) in [5.74, 6) is -0.454. The average Bonchev–Trinajstić information content (AvgIpc) is 2.13. The van der Waals surface area contributed by atoms with Crippen LogP contribution in [0, 0.1) is 5.92 Å². The zero-order valence-corrected chi connectivity index (χ0v) is 8.63. The van der Waals surface area contributed by atoms with Crippen LogP contribution in [0.15, 0.2) is 0 Å². The lowest BCUT2D eigenvalue weighted by Gasteiger charge is -2.06. The second-order valence-electron chi connectivity index (χ2n) is 3.17. The van der Waals surface area contributed by atoms with Crippen molar-refractivity contribution < 1.29 is 14.3 Å². The number of carbonyl (C=O) groups is 2. The van der Waals surface area contributed by atoms with E-state index in [2.05, 4.69) is 0 Å². The Labute approximate surface area is 79.5 Å². The van der Waals surface area contributed by atoms with Crippen LogP contribution < -0.4 is 0 Å². The molecule has 0 heterocycles. The lowest BCUT2D eigenvalue weighted by atomic mass is 10.0. The minimum atomic E-state index is -0.396. The molecule has 0 amide bonds. The van der Waals surface area contributed by atoms with Crippen LogP contribution in [0.1, 0.15) is 40.0 Å². The Balaban J connectivity index is 3.71. The summed E-state index contributed by atoms with van der Waals surface area (Å²) in [6, 6.07) is 0. The van der Waals surface area contributed by atoms with Crippen LogP contribution in [0.3, 0.4) is 0 Å². The quantitative estimate of drug-likeness (QED) is 0.470. The molecule has 13 heavy (non-hydrogen) atoms. The number of carbonyl (C=O) groups excluding carboxylic acids is 2. The normalized spacial score (nSPS) is 12.2. The third kappa shape index (κ3) is 5.39. The first kappa shape index (κ1) is 12.1. The number of hydrogen-bond donors (Lipinski definition) is 0. The summed E-state index contributed by atoms with van der Waals surface area (Å²) >= 11 is 0. The molecule has 0 aliphatic rings. The van der Waals surface area contributed by atoms with E-state index >= 15 is 0 Å². The molecule has 0 aromatic rings. The molecule has 76 valence electrons. The van der Waals surface area contributed by atoms with Gasteiger partial charge in [-0.25, -0.2) is 0 Å². The van der Waals surface area contributed by atoms with Crippen LogP contribution >= 0.6 is 0 Å². The monoisotopic (exact) mass is 186 g/mol. The summed E-state index contributed by atoms with van der Waals surface area (Å²) in [6.45, 7) is 6.09. The molecule has 3 nitrogen and oxygen atoms in total. The minimum Gasteiger partial charge on any atom is -0.465 e. The van der Waals surface area contributed by atoms with E-state index in [0.717, 1.165) is 12.8 Å². The molecule has 0 aliphatic carbocycles. The molecular weight excluding hydrogens is 168 g/mol. The zero-order valence-electron chi connectivity index (χ0n) is 8.63. The maximum absolute atomic E-state index is 11.2. The molecule has 0 aromatic carbocycles. The van der Waals surface area contributed by atoms with E-state index in [-0.39, 0.29) is 18.1 Å². The molecule has 0 radical (unpaired) electrons. The highest BCUT2D eigenvalue weighted by atomic mass is 16.5. The number of ether oxygens (including phenoxy) is 1. The highest BCUT2D eigenvalue weighted by Gasteiger charge is 2.15. The number of rotatable bonds is 6. The van der Waals surface area contributed by atoms with Crippen molar-refractivity contribution in [3.63, 3.8) is 0 Å². The molecule has 0 aliphatic heterocycles. The van der Waals surface area contributed by atoms with Crippen LogP contribution in [0.4, 0.5) is 0 Å². The average molecular weight is 186 g/mol. The van der Waals surface area contributed by atoms with Crippen molar-refractivity contribution in [1.29, 1.82) is 0 Å². The van der Waals surface area contributed by atoms with Gasteiger partial charge in [-0.1, -0.05) is 20.8 Å². The van der Waals surface area contributed by atoms with Gasteiger partial charge in [0.15, 0.2) is 0 Å². The fraction of sp³-hybridized carbons (Fsp3) is 0.800. The molecular formula is C10H18O3. The lowest BCUT2D eigenvalue weighted by molar-refractivity contribution is -0.146. The van der Waals surface area contributed by atoms with E-state index in [0.29, 0.717) is 6.61 Å². The van der Waals surface area contributed by atoms with E-state index in [9.17, 15) is 9.59 Å². The van der Waals surface area contributed by atoms with Crippen molar-refractivity contribution in [2.75, 3.05) is 6.61 Å². The molecule has 0 spiro atoms. The smallest absolute Gasteiger partial charge is 0.313 e. The SMILES string of the molecule is CCCOC(=O)CC(=O)C(C)CC. The highest BCUT2D eigenvalue weighted by molar-refractivity contribution is 5.96. The third-order valence-corrected chi connectivity index (χ3v) is 1.95. The maximum Gasteiger partial charge on any atom is 0.313 e. The maximum atomic E-state index is 11.2. The summed E-state index contributed by atoms with van der Waals surface area (Å²) in [5.41, 5.74) is 0. The van der Waals surface area contributed by atoms with Gasteiger partial charge in [0.1, 0.15) is 12.2 Å². The predicted octanol–water partition coefficient (Wildman–Crippen LogP) is 1.94.